The number of amides is 1. The molecule has 1 aromatic carbocycles. The Morgan fingerprint density at radius 1 is 1.36 bits per heavy atom. The third-order valence-corrected chi connectivity index (χ3v) is 3.41. The fraction of sp³-hybridized carbons (Fsp3) is 0.105. The minimum atomic E-state index is -0.476. The number of anilines is 1. The standard InChI is InChI=1S/C19H19FN4O/c1-13-3-5-18(17(20)9-13)24-19(25)6-4-14-12-23-8-7-16(14)15(10-21)11-22-2/h3-12H,21H2,1-2H3,(H,24,25)/b6-4+,15-10+,22-11-. The van der Waals surface area contributed by atoms with Crippen LogP contribution in [0.3, 0.4) is 0 Å². The van der Waals surface area contributed by atoms with Crippen LogP contribution >= 0.6 is 0 Å². The molecule has 128 valence electrons. The average Bonchev–Trinajstić information content (AvgIpc) is 2.61. The highest BCUT2D eigenvalue weighted by atomic mass is 19.1. The van der Waals surface area contributed by atoms with Gasteiger partial charge in [-0.15, -0.1) is 0 Å². The molecule has 0 saturated carbocycles. The number of aromatic nitrogens is 1. The minimum Gasteiger partial charge on any atom is -0.404 e. The number of allylic oxidation sites excluding steroid dienone is 1. The van der Waals surface area contributed by atoms with Gasteiger partial charge in [-0.25, -0.2) is 4.39 Å². The maximum atomic E-state index is 13.8. The van der Waals surface area contributed by atoms with Crippen molar-refractivity contribution in [2.75, 3.05) is 12.4 Å². The number of halogens is 1. The van der Waals surface area contributed by atoms with Gasteiger partial charge in [-0.3, -0.25) is 14.8 Å². The second-order valence-electron chi connectivity index (χ2n) is 5.28. The van der Waals surface area contributed by atoms with Crippen LogP contribution in [0.2, 0.25) is 0 Å². The maximum absolute atomic E-state index is 13.8. The van der Waals surface area contributed by atoms with E-state index < -0.39 is 11.7 Å². The van der Waals surface area contributed by atoms with Crippen LogP contribution in [0, 0.1) is 12.7 Å². The van der Waals surface area contributed by atoms with Crippen LogP contribution in [0.15, 0.2) is 53.9 Å². The molecule has 0 radical (unpaired) electrons. The van der Waals surface area contributed by atoms with Crippen LogP contribution in [0.1, 0.15) is 16.7 Å². The van der Waals surface area contributed by atoms with Gasteiger partial charge < -0.3 is 11.1 Å². The van der Waals surface area contributed by atoms with E-state index in [-0.39, 0.29) is 5.69 Å². The maximum Gasteiger partial charge on any atom is 0.248 e. The summed E-state index contributed by atoms with van der Waals surface area (Å²) in [4.78, 5) is 20.1. The van der Waals surface area contributed by atoms with Crippen molar-refractivity contribution in [3.05, 3.63) is 71.4 Å². The van der Waals surface area contributed by atoms with E-state index in [1.54, 1.807) is 50.8 Å². The lowest BCUT2D eigenvalue weighted by molar-refractivity contribution is -0.111. The van der Waals surface area contributed by atoms with E-state index in [2.05, 4.69) is 15.3 Å². The fourth-order valence-corrected chi connectivity index (χ4v) is 2.21. The van der Waals surface area contributed by atoms with Gasteiger partial charge >= 0.3 is 0 Å². The van der Waals surface area contributed by atoms with Gasteiger partial charge in [0.25, 0.3) is 0 Å². The summed E-state index contributed by atoms with van der Waals surface area (Å²) in [5, 5.41) is 2.51. The molecule has 2 aromatic rings. The van der Waals surface area contributed by atoms with Gasteiger partial charge in [-0.1, -0.05) is 6.07 Å². The van der Waals surface area contributed by atoms with Crippen molar-refractivity contribution >= 4 is 29.5 Å². The van der Waals surface area contributed by atoms with Crippen molar-refractivity contribution in [2.24, 2.45) is 10.7 Å². The minimum absolute atomic E-state index is 0.132. The molecule has 0 bridgehead atoms. The molecular weight excluding hydrogens is 319 g/mol. The molecule has 2 rings (SSSR count). The summed E-state index contributed by atoms with van der Waals surface area (Å²) in [6.07, 6.45) is 9.20. The van der Waals surface area contributed by atoms with Crippen molar-refractivity contribution < 1.29 is 9.18 Å². The summed E-state index contributed by atoms with van der Waals surface area (Å²) < 4.78 is 13.8. The Morgan fingerprint density at radius 2 is 2.16 bits per heavy atom. The third-order valence-electron chi connectivity index (χ3n) is 3.41. The second kappa shape index (κ2) is 8.54. The number of pyridine rings is 1. The molecule has 0 aliphatic rings. The predicted molar refractivity (Wildman–Crippen MR) is 99.6 cm³/mol. The lowest BCUT2D eigenvalue weighted by Crippen LogP contribution is -2.09. The Morgan fingerprint density at radius 3 is 2.84 bits per heavy atom. The Labute approximate surface area is 145 Å². The molecule has 0 atom stereocenters. The number of benzene rings is 1. The van der Waals surface area contributed by atoms with Crippen molar-refractivity contribution in [2.45, 2.75) is 6.92 Å². The van der Waals surface area contributed by atoms with E-state index in [0.717, 1.165) is 11.1 Å². The number of nitrogens with two attached hydrogens (primary N) is 1. The zero-order chi connectivity index (χ0) is 18.2. The molecule has 1 heterocycles. The number of rotatable bonds is 5. The number of hydrogen-bond donors (Lipinski definition) is 2. The Bertz CT molecular complexity index is 856. The largest absolute Gasteiger partial charge is 0.404 e. The normalized spacial score (nSPS) is 12.0. The van der Waals surface area contributed by atoms with E-state index in [1.807, 2.05) is 0 Å². The van der Waals surface area contributed by atoms with E-state index in [4.69, 9.17) is 5.73 Å². The van der Waals surface area contributed by atoms with Crippen LogP contribution in [-0.2, 0) is 4.79 Å². The third kappa shape index (κ3) is 4.84. The molecule has 0 saturated heterocycles. The van der Waals surface area contributed by atoms with Gasteiger partial charge in [-0.05, 0) is 42.3 Å². The van der Waals surface area contributed by atoms with Crippen LogP contribution < -0.4 is 11.1 Å². The Kier molecular flexibility index (Phi) is 6.17. The van der Waals surface area contributed by atoms with E-state index in [0.29, 0.717) is 11.1 Å². The number of nitrogens with zero attached hydrogens (tertiary/aromatic N) is 2. The molecule has 25 heavy (non-hydrogen) atoms. The van der Waals surface area contributed by atoms with Crippen LogP contribution in [-0.4, -0.2) is 24.2 Å². The topological polar surface area (TPSA) is 80.4 Å². The van der Waals surface area contributed by atoms with E-state index >= 15 is 0 Å². The molecule has 1 amide bonds. The quantitative estimate of drug-likeness (QED) is 0.649. The molecule has 6 heteroatoms. The Balaban J connectivity index is 2.20. The van der Waals surface area contributed by atoms with Crippen LogP contribution in [0.4, 0.5) is 10.1 Å². The number of carbonyl (C=O) groups is 1. The number of nitrogens with one attached hydrogen (secondary N) is 1. The van der Waals surface area contributed by atoms with Gasteiger partial charge in [0.15, 0.2) is 0 Å². The molecule has 0 spiro atoms. The molecular formula is C19H19FN4O. The lowest BCUT2D eigenvalue weighted by Gasteiger charge is -2.06. The van der Waals surface area contributed by atoms with E-state index in [9.17, 15) is 9.18 Å². The molecule has 0 fully saturated rings. The molecule has 3 N–H and O–H groups in total. The zero-order valence-electron chi connectivity index (χ0n) is 14.0. The summed E-state index contributed by atoms with van der Waals surface area (Å²) in [5.74, 6) is -0.920. The summed E-state index contributed by atoms with van der Waals surface area (Å²) in [6, 6.07) is 6.39. The molecule has 0 aliphatic carbocycles. The number of aryl methyl sites for hydroxylation is 1. The van der Waals surface area contributed by atoms with Gasteiger partial charge in [0.05, 0.1) is 5.69 Å². The highest BCUT2D eigenvalue weighted by Crippen LogP contribution is 2.18. The zero-order valence-corrected chi connectivity index (χ0v) is 14.0. The van der Waals surface area contributed by atoms with Crippen molar-refractivity contribution in [1.82, 2.24) is 4.98 Å². The predicted octanol–water partition coefficient (Wildman–Crippen LogP) is 3.18. The van der Waals surface area contributed by atoms with E-state index in [1.165, 1.54) is 24.4 Å². The first-order valence-corrected chi connectivity index (χ1v) is 7.59. The molecule has 5 nitrogen and oxygen atoms in total. The van der Waals surface area contributed by atoms with Crippen molar-refractivity contribution in [3.63, 3.8) is 0 Å². The molecule has 0 aliphatic heterocycles. The van der Waals surface area contributed by atoms with Crippen LogP contribution in [0.5, 0.6) is 0 Å². The smallest absolute Gasteiger partial charge is 0.248 e. The average molecular weight is 338 g/mol. The SMILES string of the molecule is C/N=C\C(=C/N)c1ccncc1/C=C/C(=O)Nc1ccc(C)cc1F. The first-order valence-electron chi connectivity index (χ1n) is 7.59. The van der Waals surface area contributed by atoms with Crippen LogP contribution in [0.25, 0.3) is 11.6 Å². The van der Waals surface area contributed by atoms with Gasteiger partial charge in [0.1, 0.15) is 5.82 Å². The van der Waals surface area contributed by atoms with Crippen molar-refractivity contribution in [3.8, 4) is 0 Å². The number of aliphatic imine (C=N–C) groups is 1. The number of hydrogen-bond acceptors (Lipinski definition) is 4. The summed E-state index contributed by atoms with van der Waals surface area (Å²) in [5.41, 5.74) is 8.72. The monoisotopic (exact) mass is 338 g/mol. The van der Waals surface area contributed by atoms with Crippen molar-refractivity contribution in [1.29, 1.82) is 0 Å². The fourth-order valence-electron chi connectivity index (χ4n) is 2.21. The van der Waals surface area contributed by atoms with Gasteiger partial charge in [0, 0.05) is 49.1 Å². The molecule has 0 unspecified atom stereocenters. The lowest BCUT2D eigenvalue weighted by atomic mass is 10.0. The first-order chi connectivity index (χ1) is 12.0. The highest BCUT2D eigenvalue weighted by Gasteiger charge is 2.06. The second-order valence-corrected chi connectivity index (χ2v) is 5.28. The highest BCUT2D eigenvalue weighted by molar-refractivity contribution is 6.11. The summed E-state index contributed by atoms with van der Waals surface area (Å²) in [6.45, 7) is 1.78. The summed E-state index contributed by atoms with van der Waals surface area (Å²) in [7, 11) is 1.64. The van der Waals surface area contributed by atoms with Gasteiger partial charge in [0.2, 0.25) is 5.91 Å². The van der Waals surface area contributed by atoms with Gasteiger partial charge in [-0.2, -0.15) is 0 Å². The Hall–Kier alpha value is -3.28. The first kappa shape index (κ1) is 18.1. The number of carbonyl (C=O) groups excluding carboxylic acids is 1. The summed E-state index contributed by atoms with van der Waals surface area (Å²) >= 11 is 0. The molecule has 1 aromatic heterocycles.